The van der Waals surface area contributed by atoms with E-state index in [-0.39, 0.29) is 12.6 Å². The average molecular weight is 272 g/mol. The first kappa shape index (κ1) is 15.3. The number of ether oxygens (including phenoxy) is 2. The number of rotatable bonds is 3. The van der Waals surface area contributed by atoms with E-state index < -0.39 is 23.7 Å². The van der Waals surface area contributed by atoms with Crippen molar-refractivity contribution in [3.8, 4) is 0 Å². The summed E-state index contributed by atoms with van der Waals surface area (Å²) >= 11 is 0. The molecule has 1 saturated heterocycles. The van der Waals surface area contributed by atoms with E-state index in [1.165, 1.54) is 12.0 Å². The van der Waals surface area contributed by atoms with Crippen molar-refractivity contribution >= 4 is 18.5 Å². The van der Waals surface area contributed by atoms with E-state index >= 15 is 0 Å². The number of amides is 2. The van der Waals surface area contributed by atoms with Gasteiger partial charge in [-0.2, -0.15) is 0 Å². The summed E-state index contributed by atoms with van der Waals surface area (Å²) in [5, 5.41) is 2.56. The van der Waals surface area contributed by atoms with E-state index in [1.54, 1.807) is 20.8 Å². The first-order valence-electron chi connectivity index (χ1n) is 6.05. The highest BCUT2D eigenvalue weighted by molar-refractivity contribution is 5.82. The maximum absolute atomic E-state index is 12.0. The lowest BCUT2D eigenvalue weighted by molar-refractivity contribution is -0.145. The van der Waals surface area contributed by atoms with Gasteiger partial charge in [0, 0.05) is 19.0 Å². The fourth-order valence-corrected chi connectivity index (χ4v) is 1.93. The molecule has 1 rings (SSSR count). The van der Waals surface area contributed by atoms with Crippen LogP contribution in [0.3, 0.4) is 0 Å². The number of nitrogens with one attached hydrogen (secondary N) is 1. The highest BCUT2D eigenvalue weighted by Crippen LogP contribution is 2.22. The fraction of sp³-hybridized carbons (Fsp3) is 0.750. The predicted molar refractivity (Wildman–Crippen MR) is 66.3 cm³/mol. The summed E-state index contributed by atoms with van der Waals surface area (Å²) in [4.78, 5) is 35.4. The molecule has 1 fully saturated rings. The van der Waals surface area contributed by atoms with Crippen molar-refractivity contribution in [3.05, 3.63) is 0 Å². The summed E-state index contributed by atoms with van der Waals surface area (Å²) in [5.74, 6) is -0.513. The van der Waals surface area contributed by atoms with Gasteiger partial charge in [0.15, 0.2) is 0 Å². The molecule has 2 amide bonds. The number of esters is 1. The first-order chi connectivity index (χ1) is 8.78. The van der Waals surface area contributed by atoms with E-state index in [1.807, 2.05) is 0 Å². The van der Waals surface area contributed by atoms with Gasteiger partial charge in [0.25, 0.3) is 0 Å². The Balaban J connectivity index is 2.79. The Morgan fingerprint density at radius 1 is 1.37 bits per heavy atom. The molecule has 0 aliphatic carbocycles. The largest absolute Gasteiger partial charge is 0.467 e. The van der Waals surface area contributed by atoms with Crippen LogP contribution in [0.25, 0.3) is 0 Å². The molecule has 0 saturated carbocycles. The number of hydrogen-bond acceptors (Lipinski definition) is 5. The molecule has 1 aliphatic rings. The lowest BCUT2D eigenvalue weighted by atomic mass is 10.2. The van der Waals surface area contributed by atoms with E-state index in [0.717, 1.165) is 0 Å². The number of nitrogens with zero attached hydrogens (tertiary/aromatic N) is 1. The summed E-state index contributed by atoms with van der Waals surface area (Å²) in [7, 11) is 1.26. The van der Waals surface area contributed by atoms with Crippen LogP contribution in [0.2, 0.25) is 0 Å². The smallest absolute Gasteiger partial charge is 0.411 e. The SMILES string of the molecule is COC(=O)C1CC(NC=O)CN1C(=O)OC(C)(C)C. The van der Waals surface area contributed by atoms with Crippen LogP contribution < -0.4 is 5.32 Å². The van der Waals surface area contributed by atoms with Crippen molar-refractivity contribution in [1.29, 1.82) is 0 Å². The highest BCUT2D eigenvalue weighted by atomic mass is 16.6. The molecule has 7 heteroatoms. The second-order valence-electron chi connectivity index (χ2n) is 5.39. The molecule has 7 nitrogen and oxygen atoms in total. The molecule has 1 aliphatic heterocycles. The Bertz CT molecular complexity index is 364. The van der Waals surface area contributed by atoms with E-state index in [2.05, 4.69) is 10.1 Å². The molecule has 0 aromatic carbocycles. The van der Waals surface area contributed by atoms with E-state index in [4.69, 9.17) is 4.74 Å². The van der Waals surface area contributed by atoms with Gasteiger partial charge < -0.3 is 14.8 Å². The fourth-order valence-electron chi connectivity index (χ4n) is 1.93. The Morgan fingerprint density at radius 3 is 2.47 bits per heavy atom. The van der Waals surface area contributed by atoms with Crippen molar-refractivity contribution in [2.45, 2.75) is 44.9 Å². The van der Waals surface area contributed by atoms with Gasteiger partial charge in [0.1, 0.15) is 11.6 Å². The lowest BCUT2D eigenvalue weighted by Gasteiger charge is -2.27. The van der Waals surface area contributed by atoms with Crippen LogP contribution in [0.15, 0.2) is 0 Å². The molecule has 1 N–H and O–H groups in total. The zero-order valence-electron chi connectivity index (χ0n) is 11.6. The van der Waals surface area contributed by atoms with Gasteiger partial charge in [-0.05, 0) is 20.8 Å². The molecular weight excluding hydrogens is 252 g/mol. The third-order valence-corrected chi connectivity index (χ3v) is 2.71. The van der Waals surface area contributed by atoms with Crippen LogP contribution in [0.5, 0.6) is 0 Å². The number of methoxy groups -OCH3 is 1. The number of likely N-dealkylation sites (tertiary alicyclic amines) is 1. The number of carbonyl (C=O) groups is 3. The zero-order valence-corrected chi connectivity index (χ0v) is 11.6. The van der Waals surface area contributed by atoms with Crippen molar-refractivity contribution in [1.82, 2.24) is 10.2 Å². The molecular formula is C12H20N2O5. The van der Waals surface area contributed by atoms with E-state index in [9.17, 15) is 14.4 Å². The van der Waals surface area contributed by atoms with Crippen molar-refractivity contribution in [2.75, 3.05) is 13.7 Å². The lowest BCUT2D eigenvalue weighted by Crippen LogP contribution is -2.44. The topological polar surface area (TPSA) is 84.9 Å². The molecule has 2 unspecified atom stereocenters. The molecule has 0 aromatic heterocycles. The summed E-state index contributed by atoms with van der Waals surface area (Å²) in [6.45, 7) is 5.47. The maximum Gasteiger partial charge on any atom is 0.411 e. The Morgan fingerprint density at radius 2 is 2.00 bits per heavy atom. The maximum atomic E-state index is 12.0. The quantitative estimate of drug-likeness (QED) is 0.589. The molecule has 0 bridgehead atoms. The molecule has 19 heavy (non-hydrogen) atoms. The van der Waals surface area contributed by atoms with E-state index in [0.29, 0.717) is 12.8 Å². The molecule has 0 aromatic rings. The first-order valence-corrected chi connectivity index (χ1v) is 6.05. The van der Waals surface area contributed by atoms with Crippen LogP contribution >= 0.6 is 0 Å². The van der Waals surface area contributed by atoms with Gasteiger partial charge in [-0.3, -0.25) is 9.69 Å². The van der Waals surface area contributed by atoms with Crippen molar-refractivity contribution in [2.24, 2.45) is 0 Å². The van der Waals surface area contributed by atoms with Gasteiger partial charge in [-0.1, -0.05) is 0 Å². The second kappa shape index (κ2) is 5.90. The van der Waals surface area contributed by atoms with Crippen molar-refractivity contribution < 1.29 is 23.9 Å². The molecule has 2 atom stereocenters. The third kappa shape index (κ3) is 4.11. The Hall–Kier alpha value is -1.79. The summed E-state index contributed by atoms with van der Waals surface area (Å²) in [5.41, 5.74) is -0.645. The van der Waals surface area contributed by atoms with Gasteiger partial charge in [-0.25, -0.2) is 9.59 Å². The zero-order chi connectivity index (χ0) is 14.6. The van der Waals surface area contributed by atoms with Gasteiger partial charge in [0.05, 0.1) is 7.11 Å². The Kier molecular flexibility index (Phi) is 4.74. The third-order valence-electron chi connectivity index (χ3n) is 2.71. The summed E-state index contributed by atoms with van der Waals surface area (Å²) in [6.07, 6.45) is 0.292. The van der Waals surface area contributed by atoms with Crippen LogP contribution in [-0.4, -0.2) is 54.7 Å². The second-order valence-corrected chi connectivity index (χ2v) is 5.39. The van der Waals surface area contributed by atoms with Gasteiger partial charge in [0.2, 0.25) is 6.41 Å². The number of carbonyl (C=O) groups excluding carboxylic acids is 3. The minimum atomic E-state index is -0.725. The highest BCUT2D eigenvalue weighted by Gasteiger charge is 2.42. The van der Waals surface area contributed by atoms with Gasteiger partial charge >= 0.3 is 12.1 Å². The predicted octanol–water partition coefficient (Wildman–Crippen LogP) is 0.283. The Labute approximate surface area is 112 Å². The monoisotopic (exact) mass is 272 g/mol. The molecule has 0 spiro atoms. The normalized spacial score (nSPS) is 22.8. The minimum absolute atomic E-state index is 0.230. The van der Waals surface area contributed by atoms with Gasteiger partial charge in [-0.15, -0.1) is 0 Å². The molecule has 1 heterocycles. The summed E-state index contributed by atoms with van der Waals surface area (Å²) < 4.78 is 9.90. The average Bonchev–Trinajstić information content (AvgIpc) is 2.70. The van der Waals surface area contributed by atoms with Crippen LogP contribution in [-0.2, 0) is 19.1 Å². The minimum Gasteiger partial charge on any atom is -0.467 e. The van der Waals surface area contributed by atoms with Crippen LogP contribution in [0.4, 0.5) is 4.79 Å². The summed E-state index contributed by atoms with van der Waals surface area (Å²) in [6, 6.07) is -0.994. The van der Waals surface area contributed by atoms with Crippen LogP contribution in [0, 0.1) is 0 Å². The van der Waals surface area contributed by atoms with Crippen LogP contribution in [0.1, 0.15) is 27.2 Å². The molecule has 0 radical (unpaired) electrons. The number of hydrogen-bond donors (Lipinski definition) is 1. The molecule has 108 valence electrons. The van der Waals surface area contributed by atoms with Crippen molar-refractivity contribution in [3.63, 3.8) is 0 Å². The standard InChI is InChI=1S/C12H20N2O5/c1-12(2,3)19-11(17)14-6-8(13-7-15)5-9(14)10(16)18-4/h7-9H,5-6H2,1-4H3,(H,13,15).